The molecule has 0 bridgehead atoms. The van der Waals surface area contributed by atoms with Crippen LogP contribution in [0.5, 0.6) is 0 Å². The van der Waals surface area contributed by atoms with E-state index in [9.17, 15) is 0 Å². The van der Waals surface area contributed by atoms with Crippen molar-refractivity contribution in [3.63, 3.8) is 0 Å². The van der Waals surface area contributed by atoms with Crippen molar-refractivity contribution >= 4 is 12.2 Å². The van der Waals surface area contributed by atoms with E-state index in [-0.39, 0.29) is 6.61 Å². The number of hydrogen-bond donors (Lipinski definition) is 1. The van der Waals surface area contributed by atoms with Crippen LogP contribution in [0.25, 0.3) is 12.2 Å². The van der Waals surface area contributed by atoms with Gasteiger partial charge in [-0.25, -0.2) is 0 Å². The summed E-state index contributed by atoms with van der Waals surface area (Å²) in [5, 5.41) is 9.02. The minimum atomic E-state index is 0.227. The van der Waals surface area contributed by atoms with Crippen LogP contribution in [-0.4, -0.2) is 11.7 Å². The normalized spacial score (nSPS) is 10.9. The molecule has 25 heavy (non-hydrogen) atoms. The standard InChI is InChI=1S/C19H20O.C5H8/c20-15-7-12-19(16-18-10-5-2-6-11-18)14-13-17-8-3-1-4-9-17;1-4-5(2)3/h1-6,8-11,13-14,16,20H,7,12,15H2;4H,1-2H2,3H3/b14-13+,19-16+;. The summed E-state index contributed by atoms with van der Waals surface area (Å²) < 4.78 is 0. The molecule has 2 aromatic rings. The van der Waals surface area contributed by atoms with Crippen LogP contribution in [-0.2, 0) is 0 Å². The van der Waals surface area contributed by atoms with Crippen molar-refractivity contribution in [2.24, 2.45) is 0 Å². The Morgan fingerprint density at radius 1 is 0.960 bits per heavy atom. The largest absolute Gasteiger partial charge is 0.396 e. The van der Waals surface area contributed by atoms with E-state index in [4.69, 9.17) is 5.11 Å². The van der Waals surface area contributed by atoms with Crippen LogP contribution in [0.2, 0.25) is 0 Å². The van der Waals surface area contributed by atoms with Gasteiger partial charge in [-0.05, 0) is 36.5 Å². The van der Waals surface area contributed by atoms with E-state index >= 15 is 0 Å². The summed E-state index contributed by atoms with van der Waals surface area (Å²) in [6.07, 6.45) is 9.83. The summed E-state index contributed by atoms with van der Waals surface area (Å²) in [5.74, 6) is 0. The molecule has 0 unspecified atom stereocenters. The molecule has 0 amide bonds. The average Bonchev–Trinajstić information content (AvgIpc) is 2.66. The van der Waals surface area contributed by atoms with Crippen molar-refractivity contribution in [2.75, 3.05) is 6.61 Å². The Hall–Kier alpha value is -2.64. The maximum atomic E-state index is 9.02. The Balaban J connectivity index is 0.000000550. The molecule has 1 nitrogen and oxygen atoms in total. The van der Waals surface area contributed by atoms with Crippen molar-refractivity contribution in [2.45, 2.75) is 19.8 Å². The monoisotopic (exact) mass is 332 g/mol. The van der Waals surface area contributed by atoms with Gasteiger partial charge in [0, 0.05) is 6.61 Å². The molecule has 0 spiro atoms. The third-order valence-corrected chi connectivity index (χ3v) is 3.41. The molecular weight excluding hydrogens is 304 g/mol. The first-order valence-electron chi connectivity index (χ1n) is 8.53. The average molecular weight is 332 g/mol. The van der Waals surface area contributed by atoms with Crippen molar-refractivity contribution in [1.29, 1.82) is 0 Å². The topological polar surface area (TPSA) is 20.2 Å². The van der Waals surface area contributed by atoms with Crippen molar-refractivity contribution < 1.29 is 5.11 Å². The second-order valence-electron chi connectivity index (χ2n) is 5.75. The Morgan fingerprint density at radius 3 is 1.96 bits per heavy atom. The molecule has 0 aromatic heterocycles. The molecule has 0 fully saturated rings. The van der Waals surface area contributed by atoms with Crippen LogP contribution in [0.3, 0.4) is 0 Å². The third kappa shape index (κ3) is 9.95. The van der Waals surface area contributed by atoms with Gasteiger partial charge >= 0.3 is 0 Å². The Labute approximate surface area is 152 Å². The Morgan fingerprint density at radius 2 is 1.48 bits per heavy atom. The zero-order chi connectivity index (χ0) is 18.3. The third-order valence-electron chi connectivity index (χ3n) is 3.41. The highest BCUT2D eigenvalue weighted by Gasteiger charge is 1.95. The fraction of sp³-hybridized carbons (Fsp3) is 0.167. The smallest absolute Gasteiger partial charge is 0.0434 e. The van der Waals surface area contributed by atoms with E-state index in [1.165, 1.54) is 16.7 Å². The fourth-order valence-electron chi connectivity index (χ4n) is 2.02. The predicted molar refractivity (Wildman–Crippen MR) is 111 cm³/mol. The zero-order valence-corrected chi connectivity index (χ0v) is 15.1. The van der Waals surface area contributed by atoms with Crippen molar-refractivity contribution in [3.05, 3.63) is 108 Å². The summed E-state index contributed by atoms with van der Waals surface area (Å²) in [4.78, 5) is 0. The predicted octanol–water partition coefficient (Wildman–Crippen LogP) is 6.30. The van der Waals surface area contributed by atoms with E-state index in [2.05, 4.69) is 55.7 Å². The minimum Gasteiger partial charge on any atom is -0.396 e. The van der Waals surface area contributed by atoms with E-state index in [1.54, 1.807) is 6.08 Å². The molecular formula is C24H28O. The summed E-state index contributed by atoms with van der Waals surface area (Å²) in [5.41, 5.74) is 4.63. The summed E-state index contributed by atoms with van der Waals surface area (Å²) in [6.45, 7) is 9.15. The van der Waals surface area contributed by atoms with Gasteiger partial charge in [-0.3, -0.25) is 0 Å². The first-order valence-corrected chi connectivity index (χ1v) is 8.53. The van der Waals surface area contributed by atoms with Crippen LogP contribution in [0.1, 0.15) is 30.9 Å². The lowest BCUT2D eigenvalue weighted by Crippen LogP contribution is -1.86. The molecule has 1 heteroatoms. The minimum absolute atomic E-state index is 0.227. The second-order valence-corrected chi connectivity index (χ2v) is 5.75. The quantitative estimate of drug-likeness (QED) is 0.589. The Kier molecular flexibility index (Phi) is 10.4. The lowest BCUT2D eigenvalue weighted by molar-refractivity contribution is 0.289. The van der Waals surface area contributed by atoms with Gasteiger partial charge in [-0.15, -0.1) is 0 Å². The molecule has 130 valence electrons. The first-order chi connectivity index (χ1) is 12.2. The van der Waals surface area contributed by atoms with Gasteiger partial charge in [0.15, 0.2) is 0 Å². The molecule has 0 heterocycles. The van der Waals surface area contributed by atoms with E-state index in [0.29, 0.717) is 0 Å². The van der Waals surface area contributed by atoms with Gasteiger partial charge in [0.25, 0.3) is 0 Å². The highest BCUT2D eigenvalue weighted by atomic mass is 16.2. The molecule has 0 saturated heterocycles. The van der Waals surface area contributed by atoms with E-state index in [0.717, 1.165) is 18.4 Å². The first kappa shape index (κ1) is 20.4. The van der Waals surface area contributed by atoms with E-state index < -0.39 is 0 Å². The summed E-state index contributed by atoms with van der Waals surface area (Å²) in [6, 6.07) is 20.5. The molecule has 2 aromatic carbocycles. The van der Waals surface area contributed by atoms with Gasteiger partial charge in [0.05, 0.1) is 0 Å². The molecule has 0 saturated carbocycles. The van der Waals surface area contributed by atoms with Crippen LogP contribution < -0.4 is 0 Å². The number of aliphatic hydroxyl groups excluding tert-OH is 1. The van der Waals surface area contributed by atoms with Crippen LogP contribution >= 0.6 is 0 Å². The van der Waals surface area contributed by atoms with Crippen LogP contribution in [0.4, 0.5) is 0 Å². The van der Waals surface area contributed by atoms with E-state index in [1.807, 2.05) is 43.3 Å². The van der Waals surface area contributed by atoms with Gasteiger partial charge in [0.1, 0.15) is 0 Å². The van der Waals surface area contributed by atoms with Gasteiger partial charge < -0.3 is 5.11 Å². The summed E-state index contributed by atoms with van der Waals surface area (Å²) >= 11 is 0. The zero-order valence-electron chi connectivity index (χ0n) is 15.1. The lowest BCUT2D eigenvalue weighted by atomic mass is 10.0. The molecule has 2 rings (SSSR count). The molecule has 1 N–H and O–H groups in total. The molecule has 0 aliphatic heterocycles. The second kappa shape index (κ2) is 12.7. The molecule has 0 aliphatic rings. The molecule has 0 radical (unpaired) electrons. The molecule has 0 aliphatic carbocycles. The number of aliphatic hydroxyl groups is 1. The maximum absolute atomic E-state index is 9.02. The van der Waals surface area contributed by atoms with Crippen LogP contribution in [0, 0.1) is 0 Å². The number of benzene rings is 2. The lowest BCUT2D eigenvalue weighted by Gasteiger charge is -2.02. The van der Waals surface area contributed by atoms with Gasteiger partial charge in [-0.1, -0.05) is 104 Å². The molecule has 0 atom stereocenters. The SMILES string of the molecule is C=CC(=C)C.OCCCC(/C=C/c1ccccc1)=C\c1ccccc1. The van der Waals surface area contributed by atoms with Crippen molar-refractivity contribution in [1.82, 2.24) is 0 Å². The number of allylic oxidation sites excluding steroid dienone is 4. The number of rotatable bonds is 7. The highest BCUT2D eigenvalue weighted by Crippen LogP contribution is 2.15. The van der Waals surface area contributed by atoms with Crippen LogP contribution in [0.15, 0.2) is 97.1 Å². The number of hydrogen-bond acceptors (Lipinski definition) is 1. The summed E-state index contributed by atoms with van der Waals surface area (Å²) in [7, 11) is 0. The fourth-order valence-corrected chi connectivity index (χ4v) is 2.02. The van der Waals surface area contributed by atoms with Gasteiger partial charge in [-0.2, -0.15) is 0 Å². The van der Waals surface area contributed by atoms with Gasteiger partial charge in [0.2, 0.25) is 0 Å². The highest BCUT2D eigenvalue weighted by molar-refractivity contribution is 5.61. The Bertz CT molecular complexity index is 679. The maximum Gasteiger partial charge on any atom is 0.0434 e. The van der Waals surface area contributed by atoms with Crippen molar-refractivity contribution in [3.8, 4) is 0 Å².